The molecule has 0 aliphatic carbocycles. The second kappa shape index (κ2) is 8.12. The third-order valence-electron chi connectivity index (χ3n) is 4.26. The van der Waals surface area contributed by atoms with Gasteiger partial charge in [-0.05, 0) is 49.6 Å². The molecule has 1 aliphatic heterocycles. The van der Waals surface area contributed by atoms with Gasteiger partial charge in [0.2, 0.25) is 0 Å². The molecule has 27 heavy (non-hydrogen) atoms. The number of nitrogens with one attached hydrogen (secondary N) is 1. The summed E-state index contributed by atoms with van der Waals surface area (Å²) in [6.07, 6.45) is 0.0620. The Kier molecular flexibility index (Phi) is 5.64. The molecular formula is C21H23NO5. The van der Waals surface area contributed by atoms with Crippen molar-refractivity contribution in [2.24, 2.45) is 0 Å². The van der Waals surface area contributed by atoms with Crippen LogP contribution in [0.4, 0.5) is 5.69 Å². The lowest BCUT2D eigenvalue weighted by Gasteiger charge is -2.18. The summed E-state index contributed by atoms with van der Waals surface area (Å²) in [6, 6.07) is 9.31. The SMILES string of the molecule is Cc1cc(C)c(NC(=O)COC(=O)Cc2ccc3c(c2)OCCO3)c(C)c1. The second-order valence-corrected chi connectivity index (χ2v) is 6.64. The summed E-state index contributed by atoms with van der Waals surface area (Å²) in [5.41, 5.74) is 4.59. The van der Waals surface area contributed by atoms with Crippen molar-refractivity contribution in [1.29, 1.82) is 0 Å². The molecule has 1 heterocycles. The number of fused-ring (bicyclic) bond motifs is 1. The molecule has 0 aromatic heterocycles. The van der Waals surface area contributed by atoms with Gasteiger partial charge in [-0.3, -0.25) is 9.59 Å². The predicted molar refractivity (Wildman–Crippen MR) is 101 cm³/mol. The molecule has 1 amide bonds. The third-order valence-corrected chi connectivity index (χ3v) is 4.26. The van der Waals surface area contributed by atoms with Gasteiger partial charge in [0.1, 0.15) is 13.2 Å². The maximum Gasteiger partial charge on any atom is 0.310 e. The van der Waals surface area contributed by atoms with Crippen LogP contribution >= 0.6 is 0 Å². The van der Waals surface area contributed by atoms with Gasteiger partial charge in [0.25, 0.3) is 5.91 Å². The number of amides is 1. The van der Waals surface area contributed by atoms with Crippen LogP contribution in [0.2, 0.25) is 0 Å². The highest BCUT2D eigenvalue weighted by Crippen LogP contribution is 2.30. The van der Waals surface area contributed by atoms with Gasteiger partial charge in [-0.25, -0.2) is 0 Å². The van der Waals surface area contributed by atoms with E-state index in [-0.39, 0.29) is 18.9 Å². The lowest BCUT2D eigenvalue weighted by atomic mass is 10.1. The van der Waals surface area contributed by atoms with Crippen LogP contribution in [0.3, 0.4) is 0 Å². The van der Waals surface area contributed by atoms with Crippen LogP contribution in [-0.2, 0) is 20.7 Å². The number of aryl methyl sites for hydroxylation is 3. The normalized spacial score (nSPS) is 12.4. The number of hydrogen-bond donors (Lipinski definition) is 1. The number of carbonyl (C=O) groups is 2. The summed E-state index contributed by atoms with van der Waals surface area (Å²) >= 11 is 0. The molecule has 0 bridgehead atoms. The first-order chi connectivity index (χ1) is 12.9. The number of anilines is 1. The fourth-order valence-electron chi connectivity index (χ4n) is 3.11. The second-order valence-electron chi connectivity index (χ2n) is 6.64. The monoisotopic (exact) mass is 369 g/mol. The largest absolute Gasteiger partial charge is 0.486 e. The molecule has 0 spiro atoms. The van der Waals surface area contributed by atoms with Crippen LogP contribution in [0.15, 0.2) is 30.3 Å². The molecule has 0 saturated carbocycles. The lowest BCUT2D eigenvalue weighted by Crippen LogP contribution is -2.22. The van der Waals surface area contributed by atoms with Crippen molar-refractivity contribution >= 4 is 17.6 Å². The highest BCUT2D eigenvalue weighted by Gasteiger charge is 2.15. The Balaban J connectivity index is 1.52. The highest BCUT2D eigenvalue weighted by molar-refractivity contribution is 5.94. The Morgan fingerprint density at radius 2 is 1.67 bits per heavy atom. The summed E-state index contributed by atoms with van der Waals surface area (Å²) in [7, 11) is 0. The summed E-state index contributed by atoms with van der Waals surface area (Å²) < 4.78 is 16.1. The minimum absolute atomic E-state index is 0.0620. The van der Waals surface area contributed by atoms with Crippen LogP contribution in [0.1, 0.15) is 22.3 Å². The molecule has 0 saturated heterocycles. The van der Waals surface area contributed by atoms with Gasteiger partial charge in [-0.15, -0.1) is 0 Å². The average Bonchev–Trinajstić information content (AvgIpc) is 2.63. The Morgan fingerprint density at radius 1 is 1.00 bits per heavy atom. The van der Waals surface area contributed by atoms with E-state index < -0.39 is 5.97 Å². The molecule has 2 aromatic carbocycles. The molecule has 6 heteroatoms. The van der Waals surface area contributed by atoms with Crippen molar-refractivity contribution in [3.8, 4) is 11.5 Å². The molecule has 1 N–H and O–H groups in total. The zero-order chi connectivity index (χ0) is 19.4. The number of ether oxygens (including phenoxy) is 3. The third kappa shape index (κ3) is 4.78. The first kappa shape index (κ1) is 18.8. The van der Waals surface area contributed by atoms with E-state index in [0.717, 1.165) is 27.9 Å². The van der Waals surface area contributed by atoms with Gasteiger partial charge in [0.15, 0.2) is 18.1 Å². The Bertz CT molecular complexity index is 852. The number of benzene rings is 2. The van der Waals surface area contributed by atoms with Crippen molar-refractivity contribution in [2.45, 2.75) is 27.2 Å². The van der Waals surface area contributed by atoms with Gasteiger partial charge < -0.3 is 19.5 Å². The Labute approximate surface area is 158 Å². The van der Waals surface area contributed by atoms with Crippen LogP contribution in [0, 0.1) is 20.8 Å². The zero-order valence-electron chi connectivity index (χ0n) is 15.8. The summed E-state index contributed by atoms with van der Waals surface area (Å²) in [6.45, 7) is 6.55. The number of hydrogen-bond acceptors (Lipinski definition) is 5. The molecular weight excluding hydrogens is 346 g/mol. The number of carbonyl (C=O) groups excluding carboxylic acids is 2. The van der Waals surface area contributed by atoms with Crippen molar-refractivity contribution in [1.82, 2.24) is 0 Å². The van der Waals surface area contributed by atoms with Crippen LogP contribution < -0.4 is 14.8 Å². The van der Waals surface area contributed by atoms with E-state index in [4.69, 9.17) is 14.2 Å². The first-order valence-electron chi connectivity index (χ1n) is 8.84. The van der Waals surface area contributed by atoms with E-state index >= 15 is 0 Å². The molecule has 3 rings (SSSR count). The minimum atomic E-state index is -0.473. The van der Waals surface area contributed by atoms with Crippen LogP contribution in [0.5, 0.6) is 11.5 Å². The Hall–Kier alpha value is -3.02. The molecule has 6 nitrogen and oxygen atoms in total. The topological polar surface area (TPSA) is 73.9 Å². The smallest absolute Gasteiger partial charge is 0.310 e. The summed E-state index contributed by atoms with van der Waals surface area (Å²) in [5, 5.41) is 2.81. The van der Waals surface area contributed by atoms with E-state index in [1.807, 2.05) is 32.9 Å². The van der Waals surface area contributed by atoms with Crippen molar-refractivity contribution in [3.05, 3.63) is 52.6 Å². The summed E-state index contributed by atoms with van der Waals surface area (Å²) in [5.74, 6) is 0.455. The van der Waals surface area contributed by atoms with Gasteiger partial charge >= 0.3 is 5.97 Å². The molecule has 2 aromatic rings. The van der Waals surface area contributed by atoms with E-state index in [1.54, 1.807) is 18.2 Å². The molecule has 0 unspecified atom stereocenters. The average molecular weight is 369 g/mol. The highest BCUT2D eigenvalue weighted by atomic mass is 16.6. The fraction of sp³-hybridized carbons (Fsp3) is 0.333. The van der Waals surface area contributed by atoms with E-state index in [2.05, 4.69) is 5.32 Å². The molecule has 1 aliphatic rings. The number of esters is 1. The summed E-state index contributed by atoms with van der Waals surface area (Å²) in [4.78, 5) is 24.2. The maximum absolute atomic E-state index is 12.1. The predicted octanol–water partition coefficient (Wildman–Crippen LogP) is 3.11. The van der Waals surface area contributed by atoms with Gasteiger partial charge in [-0.2, -0.15) is 0 Å². The van der Waals surface area contributed by atoms with Crippen LogP contribution in [0.25, 0.3) is 0 Å². The first-order valence-corrected chi connectivity index (χ1v) is 8.84. The molecule has 0 atom stereocenters. The van der Waals surface area contributed by atoms with Crippen molar-refractivity contribution in [2.75, 3.05) is 25.1 Å². The van der Waals surface area contributed by atoms with Gasteiger partial charge in [0.05, 0.1) is 6.42 Å². The van der Waals surface area contributed by atoms with Crippen molar-refractivity contribution < 1.29 is 23.8 Å². The lowest BCUT2D eigenvalue weighted by molar-refractivity contribution is -0.146. The van der Waals surface area contributed by atoms with Gasteiger partial charge in [0, 0.05) is 5.69 Å². The molecule has 0 fully saturated rings. The quantitative estimate of drug-likeness (QED) is 0.820. The zero-order valence-corrected chi connectivity index (χ0v) is 15.8. The standard InChI is InChI=1S/C21H23NO5/c1-13-8-14(2)21(15(3)9-13)22-19(23)12-27-20(24)11-16-4-5-17-18(10-16)26-7-6-25-17/h4-5,8-10H,6-7,11-12H2,1-3H3,(H,22,23). The van der Waals surface area contributed by atoms with E-state index in [9.17, 15) is 9.59 Å². The van der Waals surface area contributed by atoms with Crippen LogP contribution in [-0.4, -0.2) is 31.7 Å². The molecule has 0 radical (unpaired) electrons. The maximum atomic E-state index is 12.1. The minimum Gasteiger partial charge on any atom is -0.486 e. The fourth-order valence-corrected chi connectivity index (χ4v) is 3.11. The molecule has 142 valence electrons. The van der Waals surface area contributed by atoms with E-state index in [0.29, 0.717) is 24.7 Å². The van der Waals surface area contributed by atoms with E-state index in [1.165, 1.54) is 0 Å². The van der Waals surface area contributed by atoms with Crippen molar-refractivity contribution in [3.63, 3.8) is 0 Å². The Morgan fingerprint density at radius 3 is 2.37 bits per heavy atom. The number of rotatable bonds is 5. The van der Waals surface area contributed by atoms with Gasteiger partial charge in [-0.1, -0.05) is 23.8 Å².